The summed E-state index contributed by atoms with van der Waals surface area (Å²) in [7, 11) is 0. The summed E-state index contributed by atoms with van der Waals surface area (Å²) < 4.78 is 12.2. The van der Waals surface area contributed by atoms with E-state index in [2.05, 4.69) is 15.6 Å². The van der Waals surface area contributed by atoms with Crippen molar-refractivity contribution in [2.24, 2.45) is 0 Å². The molecule has 0 spiro atoms. The van der Waals surface area contributed by atoms with E-state index in [0.29, 0.717) is 22.3 Å². The highest BCUT2D eigenvalue weighted by molar-refractivity contribution is 6.06. The molecule has 2 atom stereocenters. The number of morpholine rings is 1. The topological polar surface area (TPSA) is 186 Å². The molecule has 0 aliphatic carbocycles. The van der Waals surface area contributed by atoms with Gasteiger partial charge in [-0.05, 0) is 43.3 Å². The molecule has 0 bridgehead atoms. The Morgan fingerprint density at radius 1 is 1.19 bits per heavy atom. The molecule has 190 valence electrons. The zero-order chi connectivity index (χ0) is 26.3. The maximum absolute atomic E-state index is 13.4. The molecule has 0 saturated carbocycles. The summed E-state index contributed by atoms with van der Waals surface area (Å²) in [5, 5.41) is 31.1. The maximum atomic E-state index is 13.4. The molecule has 1 saturated heterocycles. The van der Waals surface area contributed by atoms with Gasteiger partial charge in [-0.1, -0.05) is 5.16 Å². The van der Waals surface area contributed by atoms with Crippen LogP contribution in [0.3, 0.4) is 0 Å². The number of benzene rings is 2. The van der Waals surface area contributed by atoms with Crippen molar-refractivity contribution in [2.45, 2.75) is 18.6 Å². The van der Waals surface area contributed by atoms with Crippen LogP contribution in [0.4, 0.5) is 17.3 Å². The molecular weight excluding hydrogens is 484 g/mol. The summed E-state index contributed by atoms with van der Waals surface area (Å²) in [5.41, 5.74) is 5.20. The first-order valence-electron chi connectivity index (χ1n) is 11.2. The van der Waals surface area contributed by atoms with Crippen LogP contribution in [0.5, 0.6) is 0 Å². The van der Waals surface area contributed by atoms with Crippen LogP contribution < -0.4 is 16.0 Å². The van der Waals surface area contributed by atoms with Crippen LogP contribution in [0.2, 0.25) is 0 Å². The number of aliphatic hydroxyl groups excluding tert-OH is 1. The lowest BCUT2D eigenvalue weighted by Gasteiger charge is -2.40. The number of aromatic carboxylic acids is 1. The zero-order valence-corrected chi connectivity index (χ0v) is 19.5. The van der Waals surface area contributed by atoms with Gasteiger partial charge < -0.3 is 30.5 Å². The number of rotatable bonds is 6. The third-order valence-electron chi connectivity index (χ3n) is 6.15. The second-order valence-corrected chi connectivity index (χ2v) is 8.55. The number of hydrogen-bond acceptors (Lipinski definition) is 9. The Balaban J connectivity index is 1.33. The van der Waals surface area contributed by atoms with E-state index in [4.69, 9.17) is 20.1 Å². The summed E-state index contributed by atoms with van der Waals surface area (Å²) in [6, 6.07) is 12.3. The summed E-state index contributed by atoms with van der Waals surface area (Å²) in [6.07, 6.45) is -0.232. The molecule has 1 unspecified atom stereocenters. The Morgan fingerprint density at radius 2 is 1.95 bits per heavy atom. The predicted octanol–water partition coefficient (Wildman–Crippen LogP) is 1.42. The van der Waals surface area contributed by atoms with Gasteiger partial charge in [0, 0.05) is 24.0 Å². The zero-order valence-electron chi connectivity index (χ0n) is 19.5. The van der Waals surface area contributed by atoms with Gasteiger partial charge in [-0.2, -0.15) is 0 Å². The van der Waals surface area contributed by atoms with Crippen molar-refractivity contribution in [1.82, 2.24) is 14.9 Å². The molecule has 13 nitrogen and oxygen atoms in total. The second-order valence-electron chi connectivity index (χ2n) is 8.55. The van der Waals surface area contributed by atoms with Gasteiger partial charge in [0.05, 0.1) is 29.8 Å². The number of carboxylic acids is 1. The van der Waals surface area contributed by atoms with Crippen molar-refractivity contribution in [2.75, 3.05) is 29.1 Å². The van der Waals surface area contributed by atoms with Gasteiger partial charge in [-0.25, -0.2) is 9.48 Å². The van der Waals surface area contributed by atoms with Crippen molar-refractivity contribution < 1.29 is 33.9 Å². The number of nitrogens with two attached hydrogens (primary N) is 1. The molecule has 13 heteroatoms. The summed E-state index contributed by atoms with van der Waals surface area (Å²) in [6.45, 7) is 1.55. The summed E-state index contributed by atoms with van der Waals surface area (Å²) in [5.74, 6) is -2.05. The minimum atomic E-state index is -1.88. The van der Waals surface area contributed by atoms with Crippen LogP contribution in [-0.2, 0) is 14.3 Å². The Bertz CT molecular complexity index is 1510. The minimum absolute atomic E-state index is 0.0516. The number of nitrogens with one attached hydrogen (secondary N) is 1. The number of amides is 2. The van der Waals surface area contributed by atoms with E-state index < -0.39 is 29.5 Å². The van der Waals surface area contributed by atoms with E-state index in [-0.39, 0.29) is 30.4 Å². The third-order valence-corrected chi connectivity index (χ3v) is 6.15. The molecule has 1 aliphatic heterocycles. The number of aliphatic hydroxyl groups is 1. The van der Waals surface area contributed by atoms with Gasteiger partial charge in [-0.3, -0.25) is 14.5 Å². The molecule has 1 fully saturated rings. The molecule has 2 amide bonds. The summed E-state index contributed by atoms with van der Waals surface area (Å²) in [4.78, 5) is 38.7. The maximum Gasteiger partial charge on any atom is 0.335 e. The van der Waals surface area contributed by atoms with Crippen LogP contribution >= 0.6 is 0 Å². The molecule has 2 aromatic heterocycles. The van der Waals surface area contributed by atoms with Gasteiger partial charge in [-0.15, -0.1) is 5.10 Å². The van der Waals surface area contributed by atoms with E-state index >= 15 is 0 Å². The van der Waals surface area contributed by atoms with E-state index in [1.54, 1.807) is 36.5 Å². The number of fused-ring (bicyclic) bond motifs is 1. The Hall–Kier alpha value is -4.75. The number of carbonyl (C=O) groups excluding carboxylic acids is 2. The van der Waals surface area contributed by atoms with Crippen molar-refractivity contribution in [3.63, 3.8) is 0 Å². The average molecular weight is 506 g/mol. The second kappa shape index (κ2) is 9.04. The minimum Gasteiger partial charge on any atom is -0.478 e. The number of hydrogen-bond donors (Lipinski definition) is 4. The van der Waals surface area contributed by atoms with E-state index in [1.165, 1.54) is 34.7 Å². The van der Waals surface area contributed by atoms with Gasteiger partial charge in [0.15, 0.2) is 28.9 Å². The molecule has 5 N–H and O–H groups in total. The number of aromatic nitrogens is 3. The number of carbonyl (C=O) groups is 3. The van der Waals surface area contributed by atoms with Crippen LogP contribution in [0.1, 0.15) is 17.3 Å². The van der Waals surface area contributed by atoms with Gasteiger partial charge in [0.25, 0.3) is 11.8 Å². The lowest BCUT2D eigenvalue weighted by Crippen LogP contribution is -2.63. The lowest BCUT2D eigenvalue weighted by atomic mass is 9.94. The predicted molar refractivity (Wildman–Crippen MR) is 130 cm³/mol. The summed E-state index contributed by atoms with van der Waals surface area (Å²) >= 11 is 0. The van der Waals surface area contributed by atoms with Crippen LogP contribution in [0.25, 0.3) is 16.7 Å². The SMILES string of the molecule is CC1([C@@H](O)C(=O)Nc2ccc3c(N)noc3c2)OCCN(c2ccn(-c3ccc(C(=O)O)cc3)n2)C1=O. The number of nitrogens with zero attached hydrogens (tertiary/aromatic N) is 4. The Morgan fingerprint density at radius 3 is 2.68 bits per heavy atom. The highest BCUT2D eigenvalue weighted by Gasteiger charge is 2.51. The highest BCUT2D eigenvalue weighted by Crippen LogP contribution is 2.29. The van der Waals surface area contributed by atoms with Crippen molar-refractivity contribution in [1.29, 1.82) is 0 Å². The normalized spacial score (nSPS) is 18.6. The van der Waals surface area contributed by atoms with Gasteiger partial charge in [0.1, 0.15) is 0 Å². The fraction of sp³-hybridized carbons (Fsp3) is 0.208. The van der Waals surface area contributed by atoms with E-state index in [0.717, 1.165) is 0 Å². The molecule has 5 rings (SSSR count). The van der Waals surface area contributed by atoms with E-state index in [9.17, 15) is 19.5 Å². The van der Waals surface area contributed by atoms with Crippen molar-refractivity contribution in [3.05, 3.63) is 60.3 Å². The third kappa shape index (κ3) is 4.26. The van der Waals surface area contributed by atoms with Crippen molar-refractivity contribution in [3.8, 4) is 5.69 Å². The number of anilines is 3. The fourth-order valence-electron chi connectivity index (χ4n) is 4.05. The van der Waals surface area contributed by atoms with Crippen molar-refractivity contribution >= 4 is 46.1 Å². The first-order valence-corrected chi connectivity index (χ1v) is 11.2. The smallest absolute Gasteiger partial charge is 0.335 e. The molecular formula is C24H22N6O7. The molecule has 1 aliphatic rings. The Kier molecular flexibility index (Phi) is 5.85. The average Bonchev–Trinajstić information content (AvgIpc) is 3.52. The Labute approximate surface area is 209 Å². The molecule has 3 heterocycles. The monoisotopic (exact) mass is 506 g/mol. The molecule has 2 aromatic carbocycles. The number of ether oxygens (including phenoxy) is 1. The standard InChI is InChI=1S/C24H22N6O7/c1-24(19(31)21(32)26-14-4-7-16-17(12-14)37-28-20(16)25)23(35)29(10-11-36-24)18-8-9-30(27-18)15-5-2-13(3-6-15)22(33)34/h2-9,12,19,31H,10-11H2,1H3,(H2,25,28)(H,26,32)(H,33,34)/t19-,24?/m0/s1. The first-order chi connectivity index (χ1) is 17.7. The largest absolute Gasteiger partial charge is 0.478 e. The molecule has 37 heavy (non-hydrogen) atoms. The van der Waals surface area contributed by atoms with Crippen LogP contribution in [-0.4, -0.2) is 67.8 Å². The highest BCUT2D eigenvalue weighted by atomic mass is 16.5. The number of nitrogen functional groups attached to an aromatic ring is 1. The number of carboxylic acid groups (broad SMARTS) is 1. The van der Waals surface area contributed by atoms with Crippen LogP contribution in [0, 0.1) is 0 Å². The molecule has 0 radical (unpaired) electrons. The van der Waals surface area contributed by atoms with Crippen LogP contribution in [0.15, 0.2) is 59.3 Å². The fourth-order valence-corrected chi connectivity index (χ4v) is 4.05. The van der Waals surface area contributed by atoms with Gasteiger partial charge in [0.2, 0.25) is 0 Å². The van der Waals surface area contributed by atoms with Gasteiger partial charge >= 0.3 is 5.97 Å². The van der Waals surface area contributed by atoms with E-state index in [1.807, 2.05) is 0 Å². The quantitative estimate of drug-likeness (QED) is 0.298. The lowest BCUT2D eigenvalue weighted by molar-refractivity contribution is -0.170. The first kappa shape index (κ1) is 24.0. The molecule has 4 aromatic rings.